The molecule has 1 aromatic rings. The normalized spacial score (nSPS) is 18.8. The second kappa shape index (κ2) is 8.70. The van der Waals surface area contributed by atoms with E-state index in [2.05, 4.69) is 15.4 Å². The number of carbonyl (C=O) groups is 1. The molecule has 0 radical (unpaired) electrons. The molecular formula is C12H20ClN3O3S2. The molecule has 0 spiro atoms. The van der Waals surface area contributed by atoms with Gasteiger partial charge in [0.1, 0.15) is 4.21 Å². The Morgan fingerprint density at radius 2 is 2.29 bits per heavy atom. The highest BCUT2D eigenvalue weighted by Gasteiger charge is 2.17. The first-order chi connectivity index (χ1) is 9.58. The Kier molecular flexibility index (Phi) is 7.61. The summed E-state index contributed by atoms with van der Waals surface area (Å²) in [6.45, 7) is 2.30. The third-order valence-corrected chi connectivity index (χ3v) is 5.97. The van der Waals surface area contributed by atoms with Crippen LogP contribution in [-0.2, 0) is 14.8 Å². The molecule has 1 aliphatic rings. The number of hydrogen-bond acceptors (Lipinski definition) is 5. The lowest BCUT2D eigenvalue weighted by Gasteiger charge is -2.22. The topological polar surface area (TPSA) is 87.3 Å². The predicted octanol–water partition coefficient (Wildman–Crippen LogP) is 0.564. The van der Waals surface area contributed by atoms with Crippen molar-refractivity contribution in [2.75, 3.05) is 26.2 Å². The van der Waals surface area contributed by atoms with Gasteiger partial charge in [-0.1, -0.05) is 6.07 Å². The summed E-state index contributed by atoms with van der Waals surface area (Å²) in [7, 11) is -3.56. The van der Waals surface area contributed by atoms with Crippen molar-refractivity contribution >= 4 is 39.7 Å². The van der Waals surface area contributed by atoms with Crippen molar-refractivity contribution in [2.45, 2.75) is 17.1 Å². The van der Waals surface area contributed by atoms with Crippen LogP contribution in [0.5, 0.6) is 0 Å². The van der Waals surface area contributed by atoms with Crippen LogP contribution in [0.25, 0.3) is 0 Å². The smallest absolute Gasteiger partial charge is 0.250 e. The molecular weight excluding hydrogens is 334 g/mol. The van der Waals surface area contributed by atoms with E-state index in [0.29, 0.717) is 12.5 Å². The van der Waals surface area contributed by atoms with Gasteiger partial charge in [0.25, 0.3) is 10.0 Å². The summed E-state index contributed by atoms with van der Waals surface area (Å²) in [5, 5.41) is 7.72. The summed E-state index contributed by atoms with van der Waals surface area (Å²) in [5.41, 5.74) is 0. The van der Waals surface area contributed by atoms with Gasteiger partial charge in [-0.15, -0.1) is 23.7 Å². The maximum atomic E-state index is 11.8. The Hall–Kier alpha value is -0.670. The lowest BCUT2D eigenvalue weighted by molar-refractivity contribution is -0.120. The van der Waals surface area contributed by atoms with Crippen molar-refractivity contribution < 1.29 is 13.2 Å². The number of carbonyl (C=O) groups excluding carboxylic acids is 1. The Morgan fingerprint density at radius 3 is 2.90 bits per heavy atom. The standard InChI is InChI=1S/C12H19N3O3S2.ClH/c16-11(14-8-10-3-1-5-13-7-10)9-15-20(17,18)12-4-2-6-19-12;/h2,4,6,10,13,15H,1,3,5,7-9H2,(H,14,16);1H. The Morgan fingerprint density at radius 1 is 1.48 bits per heavy atom. The van der Waals surface area contributed by atoms with Crippen LogP contribution in [0.2, 0.25) is 0 Å². The van der Waals surface area contributed by atoms with Gasteiger partial charge in [-0.05, 0) is 43.3 Å². The van der Waals surface area contributed by atoms with Gasteiger partial charge in [0.2, 0.25) is 5.91 Å². The molecule has 1 atom stereocenters. The van der Waals surface area contributed by atoms with Crippen molar-refractivity contribution in [2.24, 2.45) is 5.92 Å². The van der Waals surface area contributed by atoms with Crippen molar-refractivity contribution in [3.63, 3.8) is 0 Å². The maximum absolute atomic E-state index is 11.8. The minimum absolute atomic E-state index is 0. The maximum Gasteiger partial charge on any atom is 0.250 e. The fraction of sp³-hybridized carbons (Fsp3) is 0.583. The second-order valence-corrected chi connectivity index (χ2v) is 7.71. The van der Waals surface area contributed by atoms with Crippen LogP contribution >= 0.6 is 23.7 Å². The number of hydrogen-bond donors (Lipinski definition) is 3. The number of rotatable bonds is 6. The van der Waals surface area contributed by atoms with E-state index < -0.39 is 10.0 Å². The summed E-state index contributed by atoms with van der Waals surface area (Å²) >= 11 is 1.13. The molecule has 9 heteroatoms. The van der Waals surface area contributed by atoms with Crippen LogP contribution in [0.4, 0.5) is 0 Å². The fourth-order valence-corrected chi connectivity index (χ4v) is 4.09. The van der Waals surface area contributed by atoms with Crippen molar-refractivity contribution in [1.82, 2.24) is 15.4 Å². The highest BCUT2D eigenvalue weighted by Crippen LogP contribution is 2.14. The molecule has 21 heavy (non-hydrogen) atoms. The van der Waals surface area contributed by atoms with E-state index in [0.717, 1.165) is 37.3 Å². The zero-order valence-electron chi connectivity index (χ0n) is 11.5. The van der Waals surface area contributed by atoms with E-state index in [1.54, 1.807) is 11.4 Å². The lowest BCUT2D eigenvalue weighted by Crippen LogP contribution is -2.42. The molecule has 120 valence electrons. The summed E-state index contributed by atoms with van der Waals surface area (Å²) in [6, 6.07) is 3.17. The molecule has 1 amide bonds. The van der Waals surface area contributed by atoms with E-state index in [1.165, 1.54) is 6.07 Å². The first-order valence-electron chi connectivity index (χ1n) is 6.58. The molecule has 1 aliphatic heterocycles. The molecule has 1 fully saturated rings. The molecule has 1 unspecified atom stereocenters. The highest BCUT2D eigenvalue weighted by atomic mass is 35.5. The Bertz CT molecular complexity index is 528. The molecule has 0 aliphatic carbocycles. The van der Waals surface area contributed by atoms with Crippen molar-refractivity contribution in [3.05, 3.63) is 17.5 Å². The Balaban J connectivity index is 0.00000220. The monoisotopic (exact) mass is 353 g/mol. The molecule has 0 aromatic carbocycles. The first-order valence-corrected chi connectivity index (χ1v) is 8.95. The summed E-state index contributed by atoms with van der Waals surface area (Å²) in [5.74, 6) is 0.136. The third-order valence-electron chi connectivity index (χ3n) is 3.17. The largest absolute Gasteiger partial charge is 0.355 e. The molecule has 0 bridgehead atoms. The molecule has 2 rings (SSSR count). The number of sulfonamides is 1. The van der Waals surface area contributed by atoms with E-state index in [4.69, 9.17) is 0 Å². The van der Waals surface area contributed by atoms with Gasteiger partial charge < -0.3 is 10.6 Å². The fourth-order valence-electron chi connectivity index (χ4n) is 2.07. The van der Waals surface area contributed by atoms with Gasteiger partial charge in [0.15, 0.2) is 0 Å². The quantitative estimate of drug-likeness (QED) is 0.697. The number of thiophene rings is 1. The third kappa shape index (κ3) is 5.91. The molecule has 2 heterocycles. The first kappa shape index (κ1) is 18.4. The van der Waals surface area contributed by atoms with Gasteiger partial charge in [0.05, 0.1) is 6.54 Å². The summed E-state index contributed by atoms with van der Waals surface area (Å²) in [4.78, 5) is 11.6. The van der Waals surface area contributed by atoms with E-state index in [9.17, 15) is 13.2 Å². The average Bonchev–Trinajstić information content (AvgIpc) is 2.99. The SMILES string of the molecule is Cl.O=C(CNS(=O)(=O)c1cccs1)NCC1CCCNC1. The minimum atomic E-state index is -3.56. The number of piperidine rings is 1. The zero-order chi connectivity index (χ0) is 14.4. The number of amides is 1. The average molecular weight is 354 g/mol. The van der Waals surface area contributed by atoms with E-state index >= 15 is 0 Å². The van der Waals surface area contributed by atoms with Gasteiger partial charge in [-0.25, -0.2) is 13.1 Å². The van der Waals surface area contributed by atoms with Gasteiger partial charge in [-0.2, -0.15) is 0 Å². The van der Waals surface area contributed by atoms with Gasteiger partial charge in [-0.3, -0.25) is 4.79 Å². The van der Waals surface area contributed by atoms with Crippen LogP contribution in [0.1, 0.15) is 12.8 Å². The second-order valence-electron chi connectivity index (χ2n) is 4.77. The predicted molar refractivity (Wildman–Crippen MR) is 85.4 cm³/mol. The summed E-state index contributed by atoms with van der Waals surface area (Å²) < 4.78 is 26.2. The van der Waals surface area contributed by atoms with Crippen molar-refractivity contribution in [3.8, 4) is 0 Å². The highest BCUT2D eigenvalue weighted by molar-refractivity contribution is 7.91. The van der Waals surface area contributed by atoms with Crippen LogP contribution in [-0.4, -0.2) is 40.5 Å². The van der Waals surface area contributed by atoms with Crippen LogP contribution < -0.4 is 15.4 Å². The van der Waals surface area contributed by atoms with E-state index in [1.807, 2.05) is 0 Å². The zero-order valence-corrected chi connectivity index (χ0v) is 14.0. The number of nitrogens with one attached hydrogen (secondary N) is 3. The lowest BCUT2D eigenvalue weighted by atomic mass is 10.00. The van der Waals surface area contributed by atoms with Crippen LogP contribution in [0.15, 0.2) is 21.7 Å². The summed E-state index contributed by atoms with van der Waals surface area (Å²) in [6.07, 6.45) is 2.21. The van der Waals surface area contributed by atoms with Gasteiger partial charge >= 0.3 is 0 Å². The molecule has 0 saturated carbocycles. The van der Waals surface area contributed by atoms with E-state index in [-0.39, 0.29) is 29.1 Å². The van der Waals surface area contributed by atoms with Crippen LogP contribution in [0.3, 0.4) is 0 Å². The minimum Gasteiger partial charge on any atom is -0.355 e. The number of halogens is 1. The Labute approximate surface area is 135 Å². The molecule has 1 aromatic heterocycles. The molecule has 3 N–H and O–H groups in total. The van der Waals surface area contributed by atoms with Gasteiger partial charge in [0, 0.05) is 6.54 Å². The molecule has 1 saturated heterocycles. The molecule has 6 nitrogen and oxygen atoms in total. The van der Waals surface area contributed by atoms with Crippen molar-refractivity contribution in [1.29, 1.82) is 0 Å². The van der Waals surface area contributed by atoms with Crippen LogP contribution in [0, 0.1) is 5.92 Å².